The molecule has 3 heterocycles. The summed E-state index contributed by atoms with van der Waals surface area (Å²) < 4.78 is 0. The van der Waals surface area contributed by atoms with E-state index in [0.717, 1.165) is 43.1 Å². The maximum absolute atomic E-state index is 5.63. The molecule has 0 spiro atoms. The van der Waals surface area contributed by atoms with Crippen molar-refractivity contribution in [2.45, 2.75) is 45.1 Å². The molecule has 2 saturated heterocycles. The Bertz CT molecular complexity index is 477. The van der Waals surface area contributed by atoms with Crippen LogP contribution in [-0.4, -0.2) is 47.1 Å². The lowest BCUT2D eigenvalue weighted by molar-refractivity contribution is 0.273. The van der Waals surface area contributed by atoms with Crippen LogP contribution >= 0.6 is 0 Å². The van der Waals surface area contributed by atoms with Crippen molar-refractivity contribution in [3.05, 3.63) is 11.9 Å². The number of nitrogens with one attached hydrogen (secondary N) is 1. The maximum Gasteiger partial charge on any atom is 0.148 e. The summed E-state index contributed by atoms with van der Waals surface area (Å²) >= 11 is 0. The highest BCUT2D eigenvalue weighted by Crippen LogP contribution is 2.28. The monoisotopic (exact) mass is 290 g/mol. The molecule has 0 saturated carbocycles. The van der Waals surface area contributed by atoms with Gasteiger partial charge in [0.25, 0.3) is 0 Å². The molecule has 1 aromatic heterocycles. The number of anilines is 2. The number of hydrogen-bond donors (Lipinski definition) is 2. The second-order valence-corrected chi connectivity index (χ2v) is 6.05. The van der Waals surface area contributed by atoms with Crippen molar-refractivity contribution >= 4 is 11.6 Å². The van der Waals surface area contributed by atoms with Gasteiger partial charge in [0.15, 0.2) is 0 Å². The highest BCUT2D eigenvalue weighted by molar-refractivity contribution is 5.58. The quantitative estimate of drug-likeness (QED) is 0.645. The first-order valence-corrected chi connectivity index (χ1v) is 8.13. The number of hydrogen-bond acceptors (Lipinski definition) is 6. The fourth-order valence-electron chi connectivity index (χ4n) is 3.68. The van der Waals surface area contributed by atoms with Crippen LogP contribution in [0.15, 0.2) is 6.33 Å². The zero-order chi connectivity index (χ0) is 14.7. The van der Waals surface area contributed by atoms with E-state index in [1.165, 1.54) is 32.4 Å². The minimum Gasteiger partial charge on any atom is -0.355 e. The van der Waals surface area contributed by atoms with Crippen LogP contribution in [0.4, 0.5) is 11.6 Å². The highest BCUT2D eigenvalue weighted by atomic mass is 15.3. The van der Waals surface area contributed by atoms with Gasteiger partial charge in [0.05, 0.1) is 0 Å². The minimum atomic E-state index is 0.686. The molecular weight excluding hydrogens is 264 g/mol. The summed E-state index contributed by atoms with van der Waals surface area (Å²) in [6, 6.07) is 0.686. The second-order valence-electron chi connectivity index (χ2n) is 6.05. The first-order valence-electron chi connectivity index (χ1n) is 8.13. The number of nitrogen functional groups attached to an aromatic ring is 1. The average molecular weight is 290 g/mol. The van der Waals surface area contributed by atoms with Crippen LogP contribution in [0.2, 0.25) is 0 Å². The molecular formula is C15H26N6. The van der Waals surface area contributed by atoms with Crippen LogP contribution < -0.4 is 16.2 Å². The van der Waals surface area contributed by atoms with Crippen molar-refractivity contribution in [2.75, 3.05) is 36.5 Å². The first kappa shape index (κ1) is 14.5. The Hall–Kier alpha value is -1.40. The zero-order valence-electron chi connectivity index (χ0n) is 12.9. The molecule has 2 aliphatic heterocycles. The fraction of sp³-hybridized carbons (Fsp3) is 0.733. The largest absolute Gasteiger partial charge is 0.355 e. The lowest BCUT2D eigenvalue weighted by atomic mass is 10.1. The molecule has 1 aromatic rings. The van der Waals surface area contributed by atoms with Gasteiger partial charge in [0, 0.05) is 31.2 Å². The number of rotatable bonds is 4. The van der Waals surface area contributed by atoms with E-state index in [-0.39, 0.29) is 0 Å². The van der Waals surface area contributed by atoms with E-state index in [2.05, 4.69) is 32.1 Å². The van der Waals surface area contributed by atoms with Gasteiger partial charge in [-0.05, 0) is 32.2 Å². The van der Waals surface area contributed by atoms with Gasteiger partial charge in [0.2, 0.25) is 0 Å². The first-order chi connectivity index (χ1) is 10.3. The average Bonchev–Trinajstić information content (AvgIpc) is 2.85. The topological polar surface area (TPSA) is 70.3 Å². The third kappa shape index (κ3) is 2.96. The lowest BCUT2D eigenvalue weighted by Crippen LogP contribution is -2.37. The fourth-order valence-corrected chi connectivity index (χ4v) is 3.68. The zero-order valence-corrected chi connectivity index (χ0v) is 12.9. The van der Waals surface area contributed by atoms with Crippen LogP contribution in [0.25, 0.3) is 0 Å². The molecule has 2 aliphatic rings. The van der Waals surface area contributed by atoms with E-state index >= 15 is 0 Å². The van der Waals surface area contributed by atoms with E-state index < -0.39 is 0 Å². The molecule has 1 unspecified atom stereocenters. The summed E-state index contributed by atoms with van der Waals surface area (Å²) in [6.07, 6.45) is 7.50. The van der Waals surface area contributed by atoms with Crippen molar-refractivity contribution in [1.82, 2.24) is 14.9 Å². The van der Waals surface area contributed by atoms with E-state index in [4.69, 9.17) is 5.84 Å². The molecule has 0 radical (unpaired) electrons. The van der Waals surface area contributed by atoms with Crippen molar-refractivity contribution < 1.29 is 0 Å². The number of nitrogens with two attached hydrogens (primary N) is 1. The van der Waals surface area contributed by atoms with E-state index in [1.54, 1.807) is 6.33 Å². The molecule has 21 heavy (non-hydrogen) atoms. The molecule has 0 aromatic carbocycles. The van der Waals surface area contributed by atoms with Gasteiger partial charge in [-0.3, -0.25) is 4.90 Å². The molecule has 1 atom stereocenters. The van der Waals surface area contributed by atoms with E-state index in [0.29, 0.717) is 6.04 Å². The summed E-state index contributed by atoms with van der Waals surface area (Å²) in [7, 11) is 0. The predicted molar refractivity (Wildman–Crippen MR) is 85.3 cm³/mol. The third-order valence-electron chi connectivity index (χ3n) is 4.66. The smallest absolute Gasteiger partial charge is 0.148 e. The molecule has 3 N–H and O–H groups in total. The molecule has 6 heteroatoms. The van der Waals surface area contributed by atoms with Gasteiger partial charge < -0.3 is 10.3 Å². The van der Waals surface area contributed by atoms with Crippen LogP contribution in [0.3, 0.4) is 0 Å². The second kappa shape index (κ2) is 6.58. The SMILES string of the molecule is CCCc1c(NN)ncnc1N1CCCN2CCCC2C1. The molecule has 0 aliphatic carbocycles. The number of fused-ring (bicyclic) bond motifs is 1. The standard InChI is InChI=1S/C15H26N6/c1-2-5-13-14(19-16)17-11-18-15(13)21-9-4-8-20-7-3-6-12(20)10-21/h11-12H,2-10,16H2,1H3,(H,17,18,19). The highest BCUT2D eigenvalue weighted by Gasteiger charge is 2.30. The van der Waals surface area contributed by atoms with Gasteiger partial charge in [-0.25, -0.2) is 15.8 Å². The van der Waals surface area contributed by atoms with Crippen molar-refractivity contribution in [3.63, 3.8) is 0 Å². The Morgan fingerprint density at radius 1 is 1.29 bits per heavy atom. The normalized spacial score (nSPS) is 23.0. The Labute approximate surface area is 126 Å². The molecule has 0 bridgehead atoms. The molecule has 116 valence electrons. The summed E-state index contributed by atoms with van der Waals surface area (Å²) in [4.78, 5) is 14.0. The summed E-state index contributed by atoms with van der Waals surface area (Å²) in [6.45, 7) is 6.82. The van der Waals surface area contributed by atoms with Crippen LogP contribution in [0.1, 0.15) is 38.2 Å². The third-order valence-corrected chi connectivity index (χ3v) is 4.66. The summed E-state index contributed by atoms with van der Waals surface area (Å²) in [5.74, 6) is 7.48. The van der Waals surface area contributed by atoms with E-state index in [9.17, 15) is 0 Å². The predicted octanol–water partition coefficient (Wildman–Crippen LogP) is 1.39. The summed E-state index contributed by atoms with van der Waals surface area (Å²) in [5, 5.41) is 0. The van der Waals surface area contributed by atoms with Crippen LogP contribution in [0, 0.1) is 0 Å². The number of aromatic nitrogens is 2. The Balaban J connectivity index is 1.87. The molecule has 6 nitrogen and oxygen atoms in total. The van der Waals surface area contributed by atoms with Gasteiger partial charge >= 0.3 is 0 Å². The Kier molecular flexibility index (Phi) is 4.55. The van der Waals surface area contributed by atoms with Crippen LogP contribution in [0.5, 0.6) is 0 Å². The van der Waals surface area contributed by atoms with Gasteiger partial charge in [-0.2, -0.15) is 0 Å². The van der Waals surface area contributed by atoms with Gasteiger partial charge in [-0.1, -0.05) is 13.3 Å². The molecule has 3 rings (SSSR count). The Morgan fingerprint density at radius 2 is 2.14 bits per heavy atom. The van der Waals surface area contributed by atoms with Gasteiger partial charge in [-0.15, -0.1) is 0 Å². The minimum absolute atomic E-state index is 0.686. The summed E-state index contributed by atoms with van der Waals surface area (Å²) in [5.41, 5.74) is 3.89. The number of hydrazine groups is 1. The lowest BCUT2D eigenvalue weighted by Gasteiger charge is -2.28. The van der Waals surface area contributed by atoms with Crippen LogP contribution in [-0.2, 0) is 6.42 Å². The number of nitrogens with zero attached hydrogens (tertiary/aromatic N) is 4. The van der Waals surface area contributed by atoms with Gasteiger partial charge in [0.1, 0.15) is 18.0 Å². The van der Waals surface area contributed by atoms with Crippen molar-refractivity contribution in [1.29, 1.82) is 0 Å². The molecule has 0 amide bonds. The molecule has 2 fully saturated rings. The van der Waals surface area contributed by atoms with Crippen molar-refractivity contribution in [3.8, 4) is 0 Å². The maximum atomic E-state index is 5.63. The Morgan fingerprint density at radius 3 is 2.95 bits per heavy atom. The van der Waals surface area contributed by atoms with Crippen molar-refractivity contribution in [2.24, 2.45) is 5.84 Å². The van der Waals surface area contributed by atoms with E-state index in [1.807, 2.05) is 0 Å².